The Hall–Kier alpha value is -3.35. The quantitative estimate of drug-likeness (QED) is 0.460. The molecular weight excluding hydrogens is 448 g/mol. The Kier molecular flexibility index (Phi) is 5.26. The van der Waals surface area contributed by atoms with Gasteiger partial charge in [0.15, 0.2) is 0 Å². The third-order valence-electron chi connectivity index (χ3n) is 8.45. The van der Waals surface area contributed by atoms with E-state index in [1.54, 1.807) is 13.2 Å². The molecule has 3 atom stereocenters. The van der Waals surface area contributed by atoms with Gasteiger partial charge < -0.3 is 19.6 Å². The van der Waals surface area contributed by atoms with Crippen molar-refractivity contribution in [2.45, 2.75) is 37.9 Å². The maximum atomic E-state index is 12.4. The van der Waals surface area contributed by atoms with E-state index in [0.29, 0.717) is 11.8 Å². The summed E-state index contributed by atoms with van der Waals surface area (Å²) in [5, 5.41) is 5.09. The molecule has 36 heavy (non-hydrogen) atoms. The van der Waals surface area contributed by atoms with Gasteiger partial charge in [0.1, 0.15) is 5.75 Å². The summed E-state index contributed by atoms with van der Waals surface area (Å²) in [4.78, 5) is 18.7. The molecule has 1 fully saturated rings. The highest BCUT2D eigenvalue weighted by atomic mass is 16.5. The van der Waals surface area contributed by atoms with E-state index >= 15 is 0 Å². The number of hydrogen-bond donors (Lipinski definition) is 2. The fourth-order valence-corrected chi connectivity index (χ4v) is 6.93. The summed E-state index contributed by atoms with van der Waals surface area (Å²) in [5.41, 5.74) is 7.77. The second-order valence-electron chi connectivity index (χ2n) is 10.7. The summed E-state index contributed by atoms with van der Waals surface area (Å²) in [6.45, 7) is 4.64. The van der Waals surface area contributed by atoms with Gasteiger partial charge in [0.25, 0.3) is 5.56 Å². The van der Waals surface area contributed by atoms with Crippen LogP contribution in [0.2, 0.25) is 0 Å². The van der Waals surface area contributed by atoms with E-state index < -0.39 is 0 Å². The molecule has 0 unspecified atom stereocenters. The van der Waals surface area contributed by atoms with Gasteiger partial charge in [-0.15, -0.1) is 0 Å². The Balaban J connectivity index is 1.19. The lowest BCUT2D eigenvalue weighted by molar-refractivity contribution is 0.113. The summed E-state index contributed by atoms with van der Waals surface area (Å²) in [5.74, 6) is 1.87. The van der Waals surface area contributed by atoms with Crippen molar-refractivity contribution < 1.29 is 4.74 Å². The monoisotopic (exact) mass is 480 g/mol. The lowest BCUT2D eigenvalue weighted by Crippen LogP contribution is -2.46. The zero-order chi connectivity index (χ0) is 24.2. The van der Waals surface area contributed by atoms with Crippen LogP contribution >= 0.6 is 0 Å². The number of nitrogens with one attached hydrogen (secondary N) is 2. The molecule has 2 bridgehead atoms. The molecule has 184 valence electrons. The number of aromatic nitrogens is 2. The predicted molar refractivity (Wildman–Crippen MR) is 142 cm³/mol. The molecular formula is C30H32N4O2. The van der Waals surface area contributed by atoms with Crippen molar-refractivity contribution in [3.8, 4) is 5.75 Å². The third kappa shape index (κ3) is 3.59. The maximum absolute atomic E-state index is 12.4. The first-order chi connectivity index (χ1) is 17.7. The van der Waals surface area contributed by atoms with Gasteiger partial charge in [-0.1, -0.05) is 30.3 Å². The number of hydrogen-bond acceptors (Lipinski definition) is 4. The Bertz CT molecular complexity index is 1500. The number of H-pyrrole nitrogens is 1. The van der Waals surface area contributed by atoms with Gasteiger partial charge in [0.05, 0.1) is 13.2 Å². The standard InChI is InChI=1S/C30H32N4O2/c1-36-27-10-9-20(29-30-24(11-12-31-29)23-5-2-3-6-25(23)32-30)14-22(27)18-33-15-19-13-21(17-33)26-7-4-8-28(35)34(26)16-19/h2-10,14,19,21,29,31-32H,11-13,15-18H2,1H3/t19-,21-,29+/m1/s1. The predicted octanol–water partition coefficient (Wildman–Crippen LogP) is 4.19. The highest BCUT2D eigenvalue weighted by Gasteiger charge is 2.35. The van der Waals surface area contributed by atoms with Crippen LogP contribution in [0.4, 0.5) is 0 Å². The molecule has 6 nitrogen and oxygen atoms in total. The molecule has 5 heterocycles. The summed E-state index contributed by atoms with van der Waals surface area (Å²) in [7, 11) is 1.76. The molecule has 2 aromatic carbocycles. The summed E-state index contributed by atoms with van der Waals surface area (Å²) >= 11 is 0. The number of methoxy groups -OCH3 is 1. The molecule has 7 rings (SSSR count). The zero-order valence-electron chi connectivity index (χ0n) is 20.7. The lowest BCUT2D eigenvalue weighted by atomic mass is 9.83. The number of fused-ring (bicyclic) bond motifs is 7. The smallest absolute Gasteiger partial charge is 0.250 e. The van der Waals surface area contributed by atoms with Crippen molar-refractivity contribution in [3.63, 3.8) is 0 Å². The first kappa shape index (κ1) is 21.9. The summed E-state index contributed by atoms with van der Waals surface area (Å²) in [6, 6.07) is 21.2. The van der Waals surface area contributed by atoms with Gasteiger partial charge in [-0.25, -0.2) is 0 Å². The van der Waals surface area contributed by atoms with Gasteiger partial charge in [-0.3, -0.25) is 9.69 Å². The third-order valence-corrected chi connectivity index (χ3v) is 8.45. The van der Waals surface area contributed by atoms with E-state index in [1.165, 1.54) is 45.4 Å². The highest BCUT2D eigenvalue weighted by Crippen LogP contribution is 2.38. The molecule has 2 N–H and O–H groups in total. The van der Waals surface area contributed by atoms with Crippen LogP contribution in [0, 0.1) is 5.92 Å². The average Bonchev–Trinajstić information content (AvgIpc) is 3.28. The van der Waals surface area contributed by atoms with Crippen LogP contribution < -0.4 is 15.6 Å². The number of rotatable bonds is 4. The van der Waals surface area contributed by atoms with Gasteiger partial charge in [-0.2, -0.15) is 0 Å². The Labute approximate surface area is 210 Å². The molecule has 6 heteroatoms. The SMILES string of the molecule is COc1ccc([C@@H]2NCCc3c2[nH]c2ccccc32)cc1CN1C[C@H]2C[C@H](C1)c1cccc(=O)n1C2. The van der Waals surface area contributed by atoms with Crippen LogP contribution in [0.5, 0.6) is 5.75 Å². The van der Waals surface area contributed by atoms with Gasteiger partial charge >= 0.3 is 0 Å². The van der Waals surface area contributed by atoms with Gasteiger partial charge in [-0.05, 0) is 54.2 Å². The van der Waals surface area contributed by atoms with Crippen LogP contribution in [-0.4, -0.2) is 41.2 Å². The number of benzene rings is 2. The molecule has 0 aliphatic carbocycles. The fourth-order valence-electron chi connectivity index (χ4n) is 6.93. The second kappa shape index (κ2) is 8.64. The highest BCUT2D eigenvalue weighted by molar-refractivity contribution is 5.85. The summed E-state index contributed by atoms with van der Waals surface area (Å²) in [6.07, 6.45) is 2.21. The van der Waals surface area contributed by atoms with Gasteiger partial charge in [0, 0.05) is 72.6 Å². The van der Waals surface area contributed by atoms with Gasteiger partial charge in [0.2, 0.25) is 0 Å². The fraction of sp³-hybridized carbons (Fsp3) is 0.367. The number of ether oxygens (including phenoxy) is 1. The van der Waals surface area contributed by atoms with Crippen LogP contribution in [-0.2, 0) is 19.5 Å². The van der Waals surface area contributed by atoms with Crippen LogP contribution in [0.25, 0.3) is 10.9 Å². The number of nitrogens with zero attached hydrogens (tertiary/aromatic N) is 2. The van der Waals surface area contributed by atoms with Crippen molar-refractivity contribution in [3.05, 3.63) is 99.1 Å². The number of aromatic amines is 1. The minimum atomic E-state index is 0.140. The minimum absolute atomic E-state index is 0.140. The van der Waals surface area contributed by atoms with E-state index in [0.717, 1.165) is 44.9 Å². The molecule has 0 spiro atoms. The lowest BCUT2D eigenvalue weighted by Gasteiger charge is -2.43. The van der Waals surface area contributed by atoms with Crippen LogP contribution in [0.1, 0.15) is 46.5 Å². The van der Waals surface area contributed by atoms with Crippen molar-refractivity contribution >= 4 is 10.9 Å². The number of pyridine rings is 1. The number of para-hydroxylation sites is 1. The molecule has 0 saturated carbocycles. The molecule has 0 radical (unpaired) electrons. The molecule has 4 aromatic rings. The average molecular weight is 481 g/mol. The van der Waals surface area contributed by atoms with Crippen molar-refractivity contribution in [1.29, 1.82) is 0 Å². The normalized spacial score (nSPS) is 23.3. The van der Waals surface area contributed by atoms with E-state index in [2.05, 4.69) is 63.7 Å². The maximum Gasteiger partial charge on any atom is 0.250 e. The Morgan fingerprint density at radius 3 is 2.86 bits per heavy atom. The van der Waals surface area contributed by atoms with Crippen molar-refractivity contribution in [2.24, 2.45) is 5.92 Å². The molecule has 2 aromatic heterocycles. The number of likely N-dealkylation sites (tertiary alicyclic amines) is 1. The van der Waals surface area contributed by atoms with E-state index in [4.69, 9.17) is 4.74 Å². The topological polar surface area (TPSA) is 62.3 Å². The Morgan fingerprint density at radius 1 is 1.03 bits per heavy atom. The second-order valence-corrected chi connectivity index (χ2v) is 10.7. The van der Waals surface area contributed by atoms with Crippen LogP contribution in [0.3, 0.4) is 0 Å². The number of piperidine rings is 1. The first-order valence-corrected chi connectivity index (χ1v) is 13.1. The zero-order valence-corrected chi connectivity index (χ0v) is 20.7. The minimum Gasteiger partial charge on any atom is -0.496 e. The molecule has 3 aliphatic rings. The largest absolute Gasteiger partial charge is 0.496 e. The first-order valence-electron chi connectivity index (χ1n) is 13.1. The van der Waals surface area contributed by atoms with Crippen LogP contribution in [0.15, 0.2) is 65.5 Å². The van der Waals surface area contributed by atoms with E-state index in [-0.39, 0.29) is 11.6 Å². The molecule has 1 saturated heterocycles. The van der Waals surface area contributed by atoms with Crippen molar-refractivity contribution in [2.75, 3.05) is 26.7 Å². The van der Waals surface area contributed by atoms with E-state index in [9.17, 15) is 4.79 Å². The molecule has 0 amide bonds. The molecule has 3 aliphatic heterocycles. The van der Waals surface area contributed by atoms with E-state index in [1.807, 2.05) is 10.6 Å². The van der Waals surface area contributed by atoms with Crippen molar-refractivity contribution in [1.82, 2.24) is 19.8 Å². The summed E-state index contributed by atoms with van der Waals surface area (Å²) < 4.78 is 7.82. The Morgan fingerprint density at radius 2 is 1.94 bits per heavy atom.